The Morgan fingerprint density at radius 3 is 2.44 bits per heavy atom. The van der Waals surface area contributed by atoms with Crippen molar-refractivity contribution in [2.24, 2.45) is 0 Å². The molecule has 0 aliphatic carbocycles. The lowest BCUT2D eigenvalue weighted by Gasteiger charge is -2.29. The Hall–Kier alpha value is -1.26. The molecule has 0 aromatic heterocycles. The van der Waals surface area contributed by atoms with Gasteiger partial charge in [-0.05, 0) is 30.8 Å². The standard InChI is InChI=1S/C14H21NO3/c1-3-15(4-2)12(10-16)11-5-6-13-14(9-11)18-8-7-17-13/h5-6,9,12,16H,3-4,7-8,10H2,1-2H3. The van der Waals surface area contributed by atoms with E-state index in [1.165, 1.54) is 0 Å². The largest absolute Gasteiger partial charge is 0.486 e. The molecule has 0 fully saturated rings. The van der Waals surface area contributed by atoms with Crippen LogP contribution in [0.4, 0.5) is 0 Å². The van der Waals surface area contributed by atoms with Gasteiger partial charge in [-0.15, -0.1) is 0 Å². The van der Waals surface area contributed by atoms with E-state index in [1.807, 2.05) is 18.2 Å². The van der Waals surface area contributed by atoms with Crippen molar-refractivity contribution in [1.82, 2.24) is 4.90 Å². The van der Waals surface area contributed by atoms with Gasteiger partial charge in [-0.1, -0.05) is 19.9 Å². The van der Waals surface area contributed by atoms with E-state index < -0.39 is 0 Å². The summed E-state index contributed by atoms with van der Waals surface area (Å²) < 4.78 is 11.1. The third-order valence-electron chi connectivity index (χ3n) is 3.38. The lowest BCUT2D eigenvalue weighted by atomic mass is 10.0. The Morgan fingerprint density at radius 2 is 1.83 bits per heavy atom. The second-order valence-corrected chi connectivity index (χ2v) is 4.32. The molecule has 4 heteroatoms. The van der Waals surface area contributed by atoms with Crippen LogP contribution in [0.3, 0.4) is 0 Å². The molecule has 0 amide bonds. The lowest BCUT2D eigenvalue weighted by molar-refractivity contribution is 0.132. The summed E-state index contributed by atoms with van der Waals surface area (Å²) in [6.07, 6.45) is 0. The Labute approximate surface area is 108 Å². The molecule has 1 N–H and O–H groups in total. The highest BCUT2D eigenvalue weighted by Gasteiger charge is 2.20. The Bertz CT molecular complexity index is 391. The van der Waals surface area contributed by atoms with Gasteiger partial charge in [0.2, 0.25) is 0 Å². The zero-order valence-electron chi connectivity index (χ0n) is 11.1. The second kappa shape index (κ2) is 6.07. The maximum absolute atomic E-state index is 9.60. The molecule has 1 aliphatic rings. The zero-order chi connectivity index (χ0) is 13.0. The average molecular weight is 251 g/mol. The fraction of sp³-hybridized carbons (Fsp3) is 0.571. The number of aliphatic hydroxyl groups excluding tert-OH is 1. The van der Waals surface area contributed by atoms with Crippen molar-refractivity contribution in [3.8, 4) is 11.5 Å². The van der Waals surface area contributed by atoms with Crippen molar-refractivity contribution in [2.45, 2.75) is 19.9 Å². The first kappa shape index (κ1) is 13.2. The maximum Gasteiger partial charge on any atom is 0.161 e. The fourth-order valence-corrected chi connectivity index (χ4v) is 2.36. The minimum absolute atomic E-state index is 0.0239. The van der Waals surface area contributed by atoms with Gasteiger partial charge in [0, 0.05) is 0 Å². The van der Waals surface area contributed by atoms with E-state index in [0.717, 1.165) is 30.2 Å². The van der Waals surface area contributed by atoms with Gasteiger partial charge in [-0.2, -0.15) is 0 Å². The number of benzene rings is 1. The van der Waals surface area contributed by atoms with Crippen molar-refractivity contribution in [3.05, 3.63) is 23.8 Å². The molecule has 1 aliphatic heterocycles. The highest BCUT2D eigenvalue weighted by atomic mass is 16.6. The molecule has 1 unspecified atom stereocenters. The van der Waals surface area contributed by atoms with Gasteiger partial charge >= 0.3 is 0 Å². The van der Waals surface area contributed by atoms with Gasteiger partial charge in [-0.25, -0.2) is 0 Å². The normalized spacial score (nSPS) is 15.8. The van der Waals surface area contributed by atoms with Crippen molar-refractivity contribution in [2.75, 3.05) is 32.9 Å². The lowest BCUT2D eigenvalue weighted by Crippen LogP contribution is -2.31. The number of aliphatic hydroxyl groups is 1. The van der Waals surface area contributed by atoms with E-state index in [4.69, 9.17) is 9.47 Å². The molecule has 4 nitrogen and oxygen atoms in total. The summed E-state index contributed by atoms with van der Waals surface area (Å²) in [5, 5.41) is 9.60. The van der Waals surface area contributed by atoms with Gasteiger partial charge in [0.05, 0.1) is 12.6 Å². The topological polar surface area (TPSA) is 41.9 Å². The van der Waals surface area contributed by atoms with E-state index in [-0.39, 0.29) is 12.6 Å². The molecule has 0 radical (unpaired) electrons. The number of nitrogens with zero attached hydrogens (tertiary/aromatic N) is 1. The van der Waals surface area contributed by atoms with Crippen LogP contribution < -0.4 is 9.47 Å². The summed E-state index contributed by atoms with van der Waals surface area (Å²) in [7, 11) is 0. The quantitative estimate of drug-likeness (QED) is 0.867. The maximum atomic E-state index is 9.60. The molecule has 18 heavy (non-hydrogen) atoms. The van der Waals surface area contributed by atoms with E-state index in [1.54, 1.807) is 0 Å². The predicted octanol–water partition coefficient (Wildman–Crippen LogP) is 1.83. The summed E-state index contributed by atoms with van der Waals surface area (Å²) in [6.45, 7) is 7.33. The second-order valence-electron chi connectivity index (χ2n) is 4.32. The van der Waals surface area contributed by atoms with E-state index in [0.29, 0.717) is 13.2 Å². The molecule has 1 atom stereocenters. The molecule has 0 saturated heterocycles. The van der Waals surface area contributed by atoms with E-state index in [9.17, 15) is 5.11 Å². The van der Waals surface area contributed by atoms with Crippen LogP contribution >= 0.6 is 0 Å². The summed E-state index contributed by atoms with van der Waals surface area (Å²) in [4.78, 5) is 2.23. The van der Waals surface area contributed by atoms with Gasteiger partial charge in [0.25, 0.3) is 0 Å². The minimum Gasteiger partial charge on any atom is -0.486 e. The third kappa shape index (κ3) is 2.60. The number of likely N-dealkylation sites (N-methyl/N-ethyl adjacent to an activating group) is 1. The van der Waals surface area contributed by atoms with Gasteiger partial charge < -0.3 is 14.6 Å². The molecule has 1 aromatic rings. The number of hydrogen-bond donors (Lipinski definition) is 1. The first-order valence-electron chi connectivity index (χ1n) is 6.54. The van der Waals surface area contributed by atoms with Crippen LogP contribution in [0, 0.1) is 0 Å². The summed E-state index contributed by atoms with van der Waals surface area (Å²) >= 11 is 0. The molecular formula is C14H21NO3. The average Bonchev–Trinajstić information content (AvgIpc) is 2.44. The molecule has 1 heterocycles. The Morgan fingerprint density at radius 1 is 1.17 bits per heavy atom. The van der Waals surface area contributed by atoms with Gasteiger partial charge in [0.1, 0.15) is 13.2 Å². The summed E-state index contributed by atoms with van der Waals surface area (Å²) in [5.74, 6) is 1.57. The molecular weight excluding hydrogens is 230 g/mol. The molecule has 1 aromatic carbocycles. The molecule has 0 bridgehead atoms. The Kier molecular flexibility index (Phi) is 4.44. The van der Waals surface area contributed by atoms with Crippen molar-refractivity contribution in [1.29, 1.82) is 0 Å². The van der Waals surface area contributed by atoms with Crippen molar-refractivity contribution >= 4 is 0 Å². The van der Waals surface area contributed by atoms with Crippen LogP contribution in [0.5, 0.6) is 11.5 Å². The number of fused-ring (bicyclic) bond motifs is 1. The van der Waals surface area contributed by atoms with E-state index >= 15 is 0 Å². The van der Waals surface area contributed by atoms with Crippen LogP contribution in [-0.2, 0) is 0 Å². The monoisotopic (exact) mass is 251 g/mol. The first-order valence-corrected chi connectivity index (χ1v) is 6.54. The predicted molar refractivity (Wildman–Crippen MR) is 70.2 cm³/mol. The number of rotatable bonds is 5. The van der Waals surface area contributed by atoms with Gasteiger partial charge in [-0.3, -0.25) is 4.90 Å². The third-order valence-corrected chi connectivity index (χ3v) is 3.38. The highest BCUT2D eigenvalue weighted by Crippen LogP contribution is 2.33. The van der Waals surface area contributed by atoms with Crippen molar-refractivity contribution in [3.63, 3.8) is 0 Å². The molecule has 0 saturated carbocycles. The molecule has 2 rings (SSSR count). The summed E-state index contributed by atoms with van der Waals surface area (Å²) in [5.41, 5.74) is 1.07. The Balaban J connectivity index is 2.25. The summed E-state index contributed by atoms with van der Waals surface area (Å²) in [6, 6.07) is 5.94. The number of ether oxygens (including phenoxy) is 2. The van der Waals surface area contributed by atoms with Crippen LogP contribution in [0.15, 0.2) is 18.2 Å². The van der Waals surface area contributed by atoms with Gasteiger partial charge in [0.15, 0.2) is 11.5 Å². The molecule has 0 spiro atoms. The van der Waals surface area contributed by atoms with Crippen molar-refractivity contribution < 1.29 is 14.6 Å². The zero-order valence-corrected chi connectivity index (χ0v) is 11.1. The fourth-order valence-electron chi connectivity index (χ4n) is 2.36. The SMILES string of the molecule is CCN(CC)C(CO)c1ccc2c(c1)OCCO2. The highest BCUT2D eigenvalue weighted by molar-refractivity contribution is 5.44. The van der Waals surface area contributed by atoms with Crippen LogP contribution in [0.2, 0.25) is 0 Å². The van der Waals surface area contributed by atoms with E-state index in [2.05, 4.69) is 18.7 Å². The van der Waals surface area contributed by atoms with Crippen LogP contribution in [0.25, 0.3) is 0 Å². The van der Waals surface area contributed by atoms with Crippen LogP contribution in [0.1, 0.15) is 25.5 Å². The van der Waals surface area contributed by atoms with Crippen LogP contribution in [-0.4, -0.2) is 42.9 Å². The number of hydrogen-bond acceptors (Lipinski definition) is 4. The smallest absolute Gasteiger partial charge is 0.161 e. The molecule has 100 valence electrons. The minimum atomic E-state index is 0.0239. The first-order chi connectivity index (χ1) is 8.80.